The molecule has 1 aromatic rings. The lowest BCUT2D eigenvalue weighted by Gasteiger charge is -2.13. The number of aryl methyl sites for hydroxylation is 1. The zero-order valence-electron chi connectivity index (χ0n) is 11.1. The molecule has 0 saturated heterocycles. The van der Waals surface area contributed by atoms with Gasteiger partial charge >= 0.3 is 5.97 Å². The highest BCUT2D eigenvalue weighted by molar-refractivity contribution is 5.95. The number of nitrogens with zero attached hydrogens (tertiary/aromatic N) is 1. The molecule has 0 radical (unpaired) electrons. The molecular weight excluding hydrogens is 262 g/mol. The summed E-state index contributed by atoms with van der Waals surface area (Å²) in [4.78, 5) is 34.6. The van der Waals surface area contributed by atoms with Gasteiger partial charge in [0.2, 0.25) is 0 Å². The molecule has 0 bridgehead atoms. The second kappa shape index (κ2) is 5.28. The van der Waals surface area contributed by atoms with Crippen molar-refractivity contribution in [3.63, 3.8) is 0 Å². The standard InChI is InChI=1S/C13H15N3O4/c1-6-7(2)15-16-12(18)10(6)11(17)14-9-4-3-8(5-9)13(19)20/h3-4,8-9H,5H2,1-2H3,(H,14,17)(H,16,18)(H,19,20). The van der Waals surface area contributed by atoms with E-state index in [1.807, 2.05) is 0 Å². The van der Waals surface area contributed by atoms with Crippen molar-refractivity contribution in [2.24, 2.45) is 5.92 Å². The van der Waals surface area contributed by atoms with E-state index < -0.39 is 23.4 Å². The molecule has 0 aliphatic heterocycles. The third-order valence-corrected chi connectivity index (χ3v) is 3.41. The number of rotatable bonds is 3. The van der Waals surface area contributed by atoms with Gasteiger partial charge < -0.3 is 10.4 Å². The van der Waals surface area contributed by atoms with Gasteiger partial charge in [-0.15, -0.1) is 0 Å². The first-order chi connectivity index (χ1) is 9.40. The van der Waals surface area contributed by atoms with Crippen LogP contribution in [0.1, 0.15) is 28.0 Å². The molecule has 106 valence electrons. The Labute approximate surface area is 114 Å². The van der Waals surface area contributed by atoms with Gasteiger partial charge in [0.15, 0.2) is 0 Å². The number of carboxylic acid groups (broad SMARTS) is 1. The minimum Gasteiger partial charge on any atom is -0.481 e. The van der Waals surface area contributed by atoms with E-state index in [1.54, 1.807) is 26.0 Å². The fraction of sp³-hybridized carbons (Fsp3) is 0.385. The number of carbonyl (C=O) groups is 2. The molecule has 0 fully saturated rings. The molecule has 7 heteroatoms. The Morgan fingerprint density at radius 3 is 2.70 bits per heavy atom. The molecule has 1 amide bonds. The van der Waals surface area contributed by atoms with Crippen LogP contribution in [-0.2, 0) is 4.79 Å². The lowest BCUT2D eigenvalue weighted by atomic mass is 10.1. The average molecular weight is 277 g/mol. The van der Waals surface area contributed by atoms with Crippen LogP contribution in [0.15, 0.2) is 16.9 Å². The van der Waals surface area contributed by atoms with E-state index in [-0.39, 0.29) is 11.6 Å². The van der Waals surface area contributed by atoms with Gasteiger partial charge in [-0.1, -0.05) is 12.2 Å². The highest BCUT2D eigenvalue weighted by Gasteiger charge is 2.26. The summed E-state index contributed by atoms with van der Waals surface area (Å²) in [5, 5.41) is 17.6. The number of nitrogens with one attached hydrogen (secondary N) is 2. The third-order valence-electron chi connectivity index (χ3n) is 3.41. The second-order valence-corrected chi connectivity index (χ2v) is 4.78. The molecule has 2 atom stereocenters. The van der Waals surface area contributed by atoms with E-state index in [0.29, 0.717) is 17.7 Å². The minimum absolute atomic E-state index is 0.0182. The molecule has 2 rings (SSSR count). The number of aliphatic carboxylic acids is 1. The zero-order chi connectivity index (χ0) is 14.9. The van der Waals surface area contributed by atoms with Gasteiger partial charge in [-0.05, 0) is 25.8 Å². The lowest BCUT2D eigenvalue weighted by molar-refractivity contribution is -0.140. The van der Waals surface area contributed by atoms with Crippen molar-refractivity contribution < 1.29 is 14.7 Å². The predicted octanol–water partition coefficient (Wildman–Crippen LogP) is 0.146. The number of carbonyl (C=O) groups excluding carboxylic acids is 1. The smallest absolute Gasteiger partial charge is 0.310 e. The molecule has 1 aliphatic carbocycles. The van der Waals surface area contributed by atoms with E-state index in [4.69, 9.17) is 5.11 Å². The van der Waals surface area contributed by atoms with E-state index in [0.717, 1.165) is 0 Å². The highest BCUT2D eigenvalue weighted by atomic mass is 16.4. The molecule has 1 aliphatic rings. The molecule has 1 aromatic heterocycles. The van der Waals surface area contributed by atoms with Gasteiger partial charge in [-0.2, -0.15) is 5.10 Å². The normalized spacial score (nSPS) is 20.9. The number of H-pyrrole nitrogens is 1. The molecule has 1 heterocycles. The van der Waals surface area contributed by atoms with Gasteiger partial charge in [-0.3, -0.25) is 14.4 Å². The summed E-state index contributed by atoms with van der Waals surface area (Å²) in [7, 11) is 0. The maximum atomic E-state index is 12.1. The Morgan fingerprint density at radius 2 is 2.10 bits per heavy atom. The Balaban J connectivity index is 2.15. The number of aromatic nitrogens is 2. The first-order valence-electron chi connectivity index (χ1n) is 6.18. The molecule has 0 aromatic carbocycles. The topological polar surface area (TPSA) is 112 Å². The summed E-state index contributed by atoms with van der Waals surface area (Å²) in [6.45, 7) is 3.34. The molecule has 7 nitrogen and oxygen atoms in total. The third kappa shape index (κ3) is 2.61. The lowest BCUT2D eigenvalue weighted by Crippen LogP contribution is -2.37. The van der Waals surface area contributed by atoms with E-state index in [1.165, 1.54) is 0 Å². The molecule has 3 N–H and O–H groups in total. The van der Waals surface area contributed by atoms with Gasteiger partial charge in [0.05, 0.1) is 11.6 Å². The van der Waals surface area contributed by atoms with Crippen LogP contribution in [0.4, 0.5) is 0 Å². The first-order valence-corrected chi connectivity index (χ1v) is 6.18. The molecule has 2 unspecified atom stereocenters. The Hall–Kier alpha value is -2.44. The summed E-state index contributed by atoms with van der Waals surface area (Å²) < 4.78 is 0. The van der Waals surface area contributed by atoms with Crippen molar-refractivity contribution in [3.05, 3.63) is 39.3 Å². The van der Waals surface area contributed by atoms with Crippen LogP contribution in [0.25, 0.3) is 0 Å². The summed E-state index contributed by atoms with van der Waals surface area (Å²) >= 11 is 0. The quantitative estimate of drug-likeness (QED) is 0.681. The minimum atomic E-state index is -0.924. The number of carboxylic acids is 1. The van der Waals surface area contributed by atoms with Crippen molar-refractivity contribution >= 4 is 11.9 Å². The van der Waals surface area contributed by atoms with Crippen molar-refractivity contribution in [3.8, 4) is 0 Å². The van der Waals surface area contributed by atoms with Crippen LogP contribution in [-0.4, -0.2) is 33.2 Å². The largest absolute Gasteiger partial charge is 0.481 e. The Bertz CT molecular complexity index is 648. The van der Waals surface area contributed by atoms with Crippen LogP contribution >= 0.6 is 0 Å². The van der Waals surface area contributed by atoms with Gasteiger partial charge in [0, 0.05) is 6.04 Å². The van der Waals surface area contributed by atoms with Crippen LogP contribution < -0.4 is 10.9 Å². The van der Waals surface area contributed by atoms with Crippen molar-refractivity contribution in [1.82, 2.24) is 15.5 Å². The number of amides is 1. The van der Waals surface area contributed by atoms with Crippen molar-refractivity contribution in [1.29, 1.82) is 0 Å². The monoisotopic (exact) mass is 277 g/mol. The van der Waals surface area contributed by atoms with E-state index >= 15 is 0 Å². The molecule has 20 heavy (non-hydrogen) atoms. The molecule has 0 spiro atoms. The maximum Gasteiger partial charge on any atom is 0.310 e. The fourth-order valence-electron chi connectivity index (χ4n) is 2.13. The van der Waals surface area contributed by atoms with Crippen molar-refractivity contribution in [2.45, 2.75) is 26.3 Å². The average Bonchev–Trinajstić information content (AvgIpc) is 2.83. The predicted molar refractivity (Wildman–Crippen MR) is 70.5 cm³/mol. The summed E-state index contributed by atoms with van der Waals surface area (Å²) in [5.41, 5.74) is 0.551. The van der Waals surface area contributed by atoms with Crippen LogP contribution in [0.5, 0.6) is 0 Å². The zero-order valence-corrected chi connectivity index (χ0v) is 11.1. The number of hydrogen-bond donors (Lipinski definition) is 3. The molecule has 0 saturated carbocycles. The van der Waals surface area contributed by atoms with Crippen LogP contribution in [0, 0.1) is 19.8 Å². The van der Waals surface area contributed by atoms with E-state index in [2.05, 4.69) is 15.5 Å². The van der Waals surface area contributed by atoms with E-state index in [9.17, 15) is 14.4 Å². The van der Waals surface area contributed by atoms with Crippen molar-refractivity contribution in [2.75, 3.05) is 0 Å². The van der Waals surface area contributed by atoms with Crippen LogP contribution in [0.2, 0.25) is 0 Å². The Morgan fingerprint density at radius 1 is 1.40 bits per heavy atom. The number of aromatic amines is 1. The van der Waals surface area contributed by atoms with Gasteiger partial charge in [0.25, 0.3) is 11.5 Å². The summed E-state index contributed by atoms with van der Waals surface area (Å²) in [6, 6.07) is -0.379. The fourth-order valence-corrected chi connectivity index (χ4v) is 2.13. The number of hydrogen-bond acceptors (Lipinski definition) is 4. The summed E-state index contributed by atoms with van der Waals surface area (Å²) in [6.07, 6.45) is 3.47. The SMILES string of the molecule is Cc1n[nH]c(=O)c(C(=O)NC2C=CC(C(=O)O)C2)c1C. The first kappa shape index (κ1) is 14.0. The van der Waals surface area contributed by atoms with Gasteiger partial charge in [-0.25, -0.2) is 5.10 Å². The maximum absolute atomic E-state index is 12.1. The Kier molecular flexibility index (Phi) is 3.69. The summed E-state index contributed by atoms with van der Waals surface area (Å²) in [5.74, 6) is -2.04. The molecular formula is C13H15N3O4. The second-order valence-electron chi connectivity index (χ2n) is 4.78. The van der Waals surface area contributed by atoms with Crippen LogP contribution in [0.3, 0.4) is 0 Å². The van der Waals surface area contributed by atoms with Gasteiger partial charge in [0.1, 0.15) is 5.56 Å². The highest BCUT2D eigenvalue weighted by Crippen LogP contribution is 2.18.